The minimum atomic E-state index is -0.820. The van der Waals surface area contributed by atoms with E-state index in [1.54, 1.807) is 17.2 Å². The number of nitrogens with zero attached hydrogens (tertiary/aromatic N) is 3. The van der Waals surface area contributed by atoms with E-state index in [4.69, 9.17) is 16.4 Å². The van der Waals surface area contributed by atoms with E-state index in [-0.39, 0.29) is 17.9 Å². The molecule has 152 valence electrons. The number of imide groups is 1. The fourth-order valence-corrected chi connectivity index (χ4v) is 4.19. The summed E-state index contributed by atoms with van der Waals surface area (Å²) in [6, 6.07) is 14.6. The van der Waals surface area contributed by atoms with Crippen molar-refractivity contribution in [2.75, 3.05) is 24.1 Å². The van der Waals surface area contributed by atoms with Gasteiger partial charge in [-0.3, -0.25) is 19.3 Å². The Morgan fingerprint density at radius 2 is 1.59 bits per heavy atom. The molecule has 0 aliphatic carbocycles. The van der Waals surface area contributed by atoms with Crippen molar-refractivity contribution in [3.05, 3.63) is 59.1 Å². The second-order valence-corrected chi connectivity index (χ2v) is 8.36. The average Bonchev–Trinajstić information content (AvgIpc) is 3.19. The van der Waals surface area contributed by atoms with E-state index in [2.05, 4.69) is 0 Å². The maximum absolute atomic E-state index is 13.2. The number of fused-ring (bicyclic) bond motifs is 1. The van der Waals surface area contributed by atoms with E-state index in [1.807, 2.05) is 69.2 Å². The standard InChI is InChI=1S/C22H24ClN3O3/c1-13(2)25-21(27)18-19(14-5-9-16(10-6-14)24(3)4)26(29-20(18)22(25)28)17-11-7-15(23)8-12-17/h5-13,18-20H,1-4H3/t18-,19-,20-/m1/s1. The molecular weight excluding hydrogens is 390 g/mol. The first-order valence-electron chi connectivity index (χ1n) is 9.65. The van der Waals surface area contributed by atoms with Crippen molar-refractivity contribution in [3.8, 4) is 0 Å². The van der Waals surface area contributed by atoms with Crippen molar-refractivity contribution in [1.29, 1.82) is 0 Å². The first-order valence-corrected chi connectivity index (χ1v) is 10.0. The lowest BCUT2D eigenvalue weighted by Gasteiger charge is -2.30. The first-order chi connectivity index (χ1) is 13.8. The fourth-order valence-electron chi connectivity index (χ4n) is 4.07. The normalized spacial score (nSPS) is 23.9. The van der Waals surface area contributed by atoms with E-state index in [1.165, 1.54) is 4.90 Å². The van der Waals surface area contributed by atoms with Gasteiger partial charge in [-0.1, -0.05) is 23.7 Å². The van der Waals surface area contributed by atoms with E-state index in [9.17, 15) is 9.59 Å². The summed E-state index contributed by atoms with van der Waals surface area (Å²) >= 11 is 6.04. The summed E-state index contributed by atoms with van der Waals surface area (Å²) in [5, 5.41) is 2.29. The molecule has 0 aromatic heterocycles. The fraction of sp³-hybridized carbons (Fsp3) is 0.364. The van der Waals surface area contributed by atoms with Gasteiger partial charge < -0.3 is 4.90 Å². The first kappa shape index (κ1) is 19.7. The highest BCUT2D eigenvalue weighted by molar-refractivity contribution is 6.30. The molecule has 2 fully saturated rings. The summed E-state index contributed by atoms with van der Waals surface area (Å²) in [7, 11) is 3.95. The molecule has 2 aromatic carbocycles. The van der Waals surface area contributed by atoms with E-state index >= 15 is 0 Å². The van der Waals surface area contributed by atoms with Crippen molar-refractivity contribution in [2.24, 2.45) is 5.92 Å². The van der Waals surface area contributed by atoms with Gasteiger partial charge in [0.05, 0.1) is 11.7 Å². The molecule has 2 amide bonds. The maximum Gasteiger partial charge on any atom is 0.262 e. The van der Waals surface area contributed by atoms with Crippen LogP contribution in [0.4, 0.5) is 11.4 Å². The third-order valence-corrected chi connectivity index (χ3v) is 5.75. The number of anilines is 2. The minimum Gasteiger partial charge on any atom is -0.378 e. The number of hydrogen-bond acceptors (Lipinski definition) is 5. The molecule has 0 radical (unpaired) electrons. The molecule has 2 aromatic rings. The summed E-state index contributed by atoms with van der Waals surface area (Å²) in [6.45, 7) is 3.68. The van der Waals surface area contributed by atoms with Crippen LogP contribution in [-0.4, -0.2) is 43.0 Å². The van der Waals surface area contributed by atoms with Crippen molar-refractivity contribution < 1.29 is 14.4 Å². The zero-order valence-electron chi connectivity index (χ0n) is 16.9. The number of amides is 2. The van der Waals surface area contributed by atoms with Gasteiger partial charge in [0.2, 0.25) is 5.91 Å². The number of rotatable bonds is 4. The van der Waals surface area contributed by atoms with Crippen molar-refractivity contribution >= 4 is 34.8 Å². The Hall–Kier alpha value is -2.57. The quantitative estimate of drug-likeness (QED) is 0.716. The number of hydroxylamine groups is 1. The Labute approximate surface area is 175 Å². The molecule has 2 heterocycles. The van der Waals surface area contributed by atoms with Crippen LogP contribution in [0.3, 0.4) is 0 Å². The lowest BCUT2D eigenvalue weighted by atomic mass is 9.90. The lowest BCUT2D eigenvalue weighted by Crippen LogP contribution is -2.41. The lowest BCUT2D eigenvalue weighted by molar-refractivity contribution is -0.145. The maximum atomic E-state index is 13.2. The molecule has 3 atom stereocenters. The number of likely N-dealkylation sites (tertiary alicyclic amines) is 1. The van der Waals surface area contributed by atoms with Crippen molar-refractivity contribution in [1.82, 2.24) is 4.90 Å². The van der Waals surface area contributed by atoms with Crippen LogP contribution in [0.15, 0.2) is 48.5 Å². The molecule has 0 N–H and O–H groups in total. The molecule has 2 aliphatic rings. The summed E-state index contributed by atoms with van der Waals surface area (Å²) < 4.78 is 0. The molecule has 4 rings (SSSR count). The van der Waals surface area contributed by atoms with Gasteiger partial charge in [0, 0.05) is 30.8 Å². The van der Waals surface area contributed by atoms with Crippen LogP contribution in [0.25, 0.3) is 0 Å². The minimum absolute atomic E-state index is 0.187. The van der Waals surface area contributed by atoms with Crippen LogP contribution in [0.2, 0.25) is 5.02 Å². The second kappa shape index (κ2) is 7.35. The summed E-state index contributed by atoms with van der Waals surface area (Å²) in [5.41, 5.74) is 2.73. The average molecular weight is 414 g/mol. The van der Waals surface area contributed by atoms with Gasteiger partial charge in [-0.05, 0) is 55.8 Å². The van der Waals surface area contributed by atoms with E-state index in [0.717, 1.165) is 16.9 Å². The van der Waals surface area contributed by atoms with Crippen LogP contribution in [0, 0.1) is 5.92 Å². The number of carbonyl (C=O) groups is 2. The number of carbonyl (C=O) groups excluding carboxylic acids is 2. The number of hydrogen-bond donors (Lipinski definition) is 0. The monoisotopic (exact) mass is 413 g/mol. The van der Waals surface area contributed by atoms with Gasteiger partial charge in [-0.2, -0.15) is 0 Å². The molecule has 0 bridgehead atoms. The third-order valence-electron chi connectivity index (χ3n) is 5.50. The van der Waals surface area contributed by atoms with Gasteiger partial charge in [0.15, 0.2) is 6.10 Å². The predicted octanol–water partition coefficient (Wildman–Crippen LogP) is 3.66. The Balaban J connectivity index is 1.78. The van der Waals surface area contributed by atoms with Gasteiger partial charge in [-0.15, -0.1) is 0 Å². The van der Waals surface area contributed by atoms with Crippen LogP contribution >= 0.6 is 11.6 Å². The van der Waals surface area contributed by atoms with Crippen LogP contribution in [-0.2, 0) is 14.4 Å². The molecule has 2 saturated heterocycles. The number of benzene rings is 2. The van der Waals surface area contributed by atoms with Gasteiger partial charge in [0.1, 0.15) is 5.92 Å². The van der Waals surface area contributed by atoms with E-state index < -0.39 is 18.1 Å². The highest BCUT2D eigenvalue weighted by Crippen LogP contribution is 2.47. The Kier molecular flexibility index (Phi) is 5.00. The molecule has 0 saturated carbocycles. The summed E-state index contributed by atoms with van der Waals surface area (Å²) in [4.78, 5) is 35.5. The Morgan fingerprint density at radius 3 is 2.14 bits per heavy atom. The van der Waals surface area contributed by atoms with E-state index in [0.29, 0.717) is 5.02 Å². The molecule has 2 aliphatic heterocycles. The second-order valence-electron chi connectivity index (χ2n) is 7.93. The zero-order chi connectivity index (χ0) is 20.9. The summed E-state index contributed by atoms with van der Waals surface area (Å²) in [5.74, 6) is -1.06. The molecule has 7 heteroatoms. The number of halogens is 1. The highest BCUT2D eigenvalue weighted by Gasteiger charge is 2.60. The highest BCUT2D eigenvalue weighted by atomic mass is 35.5. The van der Waals surface area contributed by atoms with Crippen molar-refractivity contribution in [3.63, 3.8) is 0 Å². The zero-order valence-corrected chi connectivity index (χ0v) is 17.6. The largest absolute Gasteiger partial charge is 0.378 e. The Bertz CT molecular complexity index is 927. The van der Waals surface area contributed by atoms with Crippen molar-refractivity contribution in [2.45, 2.75) is 32.0 Å². The summed E-state index contributed by atoms with van der Waals surface area (Å²) in [6.07, 6.45) is -0.820. The van der Waals surface area contributed by atoms with Gasteiger partial charge >= 0.3 is 0 Å². The van der Waals surface area contributed by atoms with Crippen LogP contribution in [0.1, 0.15) is 25.5 Å². The molecule has 6 nitrogen and oxygen atoms in total. The third kappa shape index (κ3) is 3.26. The predicted molar refractivity (Wildman–Crippen MR) is 113 cm³/mol. The van der Waals surface area contributed by atoms with Gasteiger partial charge in [0.25, 0.3) is 5.91 Å². The smallest absolute Gasteiger partial charge is 0.262 e. The molecule has 0 spiro atoms. The van der Waals surface area contributed by atoms with Crippen LogP contribution in [0.5, 0.6) is 0 Å². The molecule has 0 unspecified atom stereocenters. The van der Waals surface area contributed by atoms with Crippen LogP contribution < -0.4 is 9.96 Å². The Morgan fingerprint density at radius 1 is 0.966 bits per heavy atom. The van der Waals surface area contributed by atoms with Gasteiger partial charge in [-0.25, -0.2) is 5.06 Å². The topological polar surface area (TPSA) is 53.1 Å². The molecule has 29 heavy (non-hydrogen) atoms. The molecular formula is C22H24ClN3O3. The SMILES string of the molecule is CC(C)N1C(=O)[C@@H]2[C@@H](c3ccc(N(C)C)cc3)N(c3ccc(Cl)cc3)O[C@H]2C1=O.